The van der Waals surface area contributed by atoms with E-state index < -0.39 is 0 Å². The molecule has 0 radical (unpaired) electrons. The van der Waals surface area contributed by atoms with E-state index in [1.165, 1.54) is 6.26 Å². The fraction of sp³-hybridized carbons (Fsp3) is 0.182. The summed E-state index contributed by atoms with van der Waals surface area (Å²) >= 11 is 0. The Morgan fingerprint density at radius 2 is 2.14 bits per heavy atom. The number of amides is 1. The van der Waals surface area contributed by atoms with E-state index >= 15 is 0 Å². The van der Waals surface area contributed by atoms with Gasteiger partial charge in [0, 0.05) is 5.56 Å². The molecule has 0 atom stereocenters. The summed E-state index contributed by atoms with van der Waals surface area (Å²) in [6, 6.07) is 9.06. The van der Waals surface area contributed by atoms with E-state index in [-0.39, 0.29) is 5.91 Å². The molecular formula is C11H13NO2. The third-order valence-electron chi connectivity index (χ3n) is 1.66. The van der Waals surface area contributed by atoms with Gasteiger partial charge in [-0.15, -0.1) is 0 Å². The van der Waals surface area contributed by atoms with Crippen LogP contribution in [0.4, 0.5) is 0 Å². The summed E-state index contributed by atoms with van der Waals surface area (Å²) in [6.45, 7) is 4.33. The first-order valence-electron chi connectivity index (χ1n) is 4.40. The molecule has 14 heavy (non-hydrogen) atoms. The van der Waals surface area contributed by atoms with Gasteiger partial charge in [0.1, 0.15) is 6.61 Å². The smallest absolute Gasteiger partial charge is 0.251 e. The zero-order chi connectivity index (χ0) is 10.2. The molecule has 0 unspecified atom stereocenters. The lowest BCUT2D eigenvalue weighted by atomic mass is 10.2. The summed E-state index contributed by atoms with van der Waals surface area (Å²) in [5, 5.41) is 2.72. The molecule has 0 fully saturated rings. The van der Waals surface area contributed by atoms with Crippen LogP contribution in [-0.2, 0) is 4.74 Å². The van der Waals surface area contributed by atoms with Gasteiger partial charge in [-0.1, -0.05) is 24.8 Å². The molecule has 1 aromatic rings. The average molecular weight is 191 g/mol. The highest BCUT2D eigenvalue weighted by Gasteiger charge is 2.01. The third kappa shape index (κ3) is 3.31. The van der Waals surface area contributed by atoms with E-state index in [2.05, 4.69) is 11.9 Å². The van der Waals surface area contributed by atoms with Crippen LogP contribution in [0, 0.1) is 0 Å². The topological polar surface area (TPSA) is 38.3 Å². The van der Waals surface area contributed by atoms with E-state index in [9.17, 15) is 4.79 Å². The summed E-state index contributed by atoms with van der Waals surface area (Å²) in [5.74, 6) is -0.0849. The molecule has 1 rings (SSSR count). The zero-order valence-corrected chi connectivity index (χ0v) is 7.90. The molecule has 3 heteroatoms. The molecule has 1 aromatic carbocycles. The lowest BCUT2D eigenvalue weighted by Crippen LogP contribution is -2.26. The molecule has 0 bridgehead atoms. The molecule has 0 saturated carbocycles. The summed E-state index contributed by atoms with van der Waals surface area (Å²) in [6.07, 6.45) is 1.36. The molecule has 1 amide bonds. The normalized spacial score (nSPS) is 9.14. The number of nitrogens with one attached hydrogen (secondary N) is 1. The lowest BCUT2D eigenvalue weighted by Gasteiger charge is -2.04. The quantitative estimate of drug-likeness (QED) is 0.566. The molecular weight excluding hydrogens is 178 g/mol. The van der Waals surface area contributed by atoms with Crippen LogP contribution in [0.3, 0.4) is 0 Å². The van der Waals surface area contributed by atoms with Crippen LogP contribution in [0.2, 0.25) is 0 Å². The van der Waals surface area contributed by atoms with Crippen molar-refractivity contribution in [1.29, 1.82) is 0 Å². The monoisotopic (exact) mass is 191 g/mol. The van der Waals surface area contributed by atoms with Crippen molar-refractivity contribution >= 4 is 5.91 Å². The molecule has 0 spiro atoms. The first-order valence-corrected chi connectivity index (χ1v) is 4.40. The first kappa shape index (κ1) is 10.3. The largest absolute Gasteiger partial charge is 0.500 e. The number of benzene rings is 1. The van der Waals surface area contributed by atoms with Gasteiger partial charge in [0.15, 0.2) is 0 Å². The van der Waals surface area contributed by atoms with Crippen LogP contribution < -0.4 is 5.32 Å². The highest BCUT2D eigenvalue weighted by molar-refractivity contribution is 5.94. The SMILES string of the molecule is C=COCCNC(=O)c1ccccc1. The van der Waals surface area contributed by atoms with Gasteiger partial charge < -0.3 is 10.1 Å². The minimum absolute atomic E-state index is 0.0849. The molecule has 3 nitrogen and oxygen atoms in total. The van der Waals surface area contributed by atoms with Gasteiger partial charge in [0.2, 0.25) is 0 Å². The summed E-state index contributed by atoms with van der Waals surface area (Å²) < 4.78 is 4.87. The van der Waals surface area contributed by atoms with Crippen molar-refractivity contribution in [3.8, 4) is 0 Å². The van der Waals surface area contributed by atoms with Crippen LogP contribution in [-0.4, -0.2) is 19.1 Å². The average Bonchev–Trinajstić information content (AvgIpc) is 2.25. The van der Waals surface area contributed by atoms with Crippen LogP contribution in [0.5, 0.6) is 0 Å². The molecule has 0 aliphatic rings. The van der Waals surface area contributed by atoms with Gasteiger partial charge in [-0.25, -0.2) is 0 Å². The Morgan fingerprint density at radius 1 is 1.43 bits per heavy atom. The number of hydrogen-bond donors (Lipinski definition) is 1. The van der Waals surface area contributed by atoms with Crippen molar-refractivity contribution in [3.05, 3.63) is 48.7 Å². The maximum Gasteiger partial charge on any atom is 0.251 e. The highest BCUT2D eigenvalue weighted by Crippen LogP contribution is 1.97. The van der Waals surface area contributed by atoms with Gasteiger partial charge in [-0.2, -0.15) is 0 Å². The summed E-state index contributed by atoms with van der Waals surface area (Å²) in [7, 11) is 0. The summed E-state index contributed by atoms with van der Waals surface area (Å²) in [4.78, 5) is 11.4. The Balaban J connectivity index is 2.32. The summed E-state index contributed by atoms with van der Waals surface area (Å²) in [5.41, 5.74) is 0.658. The first-order chi connectivity index (χ1) is 6.84. The van der Waals surface area contributed by atoms with Crippen molar-refractivity contribution in [2.24, 2.45) is 0 Å². The second-order valence-corrected chi connectivity index (χ2v) is 2.66. The van der Waals surface area contributed by atoms with Gasteiger partial charge in [-0.3, -0.25) is 4.79 Å². The van der Waals surface area contributed by atoms with Crippen molar-refractivity contribution < 1.29 is 9.53 Å². The fourth-order valence-corrected chi connectivity index (χ4v) is 0.998. The van der Waals surface area contributed by atoms with Crippen LogP contribution in [0.1, 0.15) is 10.4 Å². The van der Waals surface area contributed by atoms with Gasteiger partial charge in [0.25, 0.3) is 5.91 Å². The fourth-order valence-electron chi connectivity index (χ4n) is 0.998. The van der Waals surface area contributed by atoms with E-state index in [0.29, 0.717) is 18.7 Å². The minimum atomic E-state index is -0.0849. The molecule has 0 aromatic heterocycles. The Morgan fingerprint density at radius 3 is 2.79 bits per heavy atom. The van der Waals surface area contributed by atoms with E-state index in [4.69, 9.17) is 4.74 Å². The van der Waals surface area contributed by atoms with Crippen molar-refractivity contribution in [3.63, 3.8) is 0 Å². The highest BCUT2D eigenvalue weighted by atomic mass is 16.5. The van der Waals surface area contributed by atoms with E-state index in [1.54, 1.807) is 12.1 Å². The predicted molar refractivity (Wildman–Crippen MR) is 54.9 cm³/mol. The maximum absolute atomic E-state index is 11.4. The number of rotatable bonds is 5. The molecule has 0 aliphatic carbocycles. The molecule has 0 heterocycles. The van der Waals surface area contributed by atoms with Gasteiger partial charge >= 0.3 is 0 Å². The van der Waals surface area contributed by atoms with Crippen molar-refractivity contribution in [2.45, 2.75) is 0 Å². The van der Waals surface area contributed by atoms with E-state index in [0.717, 1.165) is 0 Å². The second-order valence-electron chi connectivity index (χ2n) is 2.66. The zero-order valence-electron chi connectivity index (χ0n) is 7.90. The predicted octanol–water partition coefficient (Wildman–Crippen LogP) is 1.58. The van der Waals surface area contributed by atoms with Gasteiger partial charge in [0.05, 0.1) is 12.8 Å². The Labute approximate surface area is 83.4 Å². The number of carbonyl (C=O) groups excluding carboxylic acids is 1. The Kier molecular flexibility index (Phi) is 4.27. The number of ether oxygens (including phenoxy) is 1. The van der Waals surface area contributed by atoms with Crippen LogP contribution in [0.15, 0.2) is 43.2 Å². The van der Waals surface area contributed by atoms with Gasteiger partial charge in [-0.05, 0) is 12.1 Å². The van der Waals surface area contributed by atoms with Crippen LogP contribution >= 0.6 is 0 Å². The van der Waals surface area contributed by atoms with Crippen molar-refractivity contribution in [2.75, 3.05) is 13.2 Å². The van der Waals surface area contributed by atoms with E-state index in [1.807, 2.05) is 18.2 Å². The minimum Gasteiger partial charge on any atom is -0.500 e. The Bertz CT molecular complexity index is 295. The van der Waals surface area contributed by atoms with Crippen molar-refractivity contribution in [1.82, 2.24) is 5.32 Å². The lowest BCUT2D eigenvalue weighted by molar-refractivity contribution is 0.0943. The maximum atomic E-state index is 11.4. The Hall–Kier alpha value is -1.77. The number of carbonyl (C=O) groups is 1. The third-order valence-corrected chi connectivity index (χ3v) is 1.66. The standard InChI is InChI=1S/C11H13NO2/c1-2-14-9-8-12-11(13)10-6-4-3-5-7-10/h2-7H,1,8-9H2,(H,12,13). The molecule has 0 aliphatic heterocycles. The molecule has 74 valence electrons. The molecule has 1 N–H and O–H groups in total. The number of hydrogen-bond acceptors (Lipinski definition) is 2. The molecule has 0 saturated heterocycles. The second kappa shape index (κ2) is 5.80. The van der Waals surface area contributed by atoms with Crippen LogP contribution in [0.25, 0.3) is 0 Å².